The molecule has 3 aromatic rings. The maximum Gasteiger partial charge on any atom is 0.163 e. The van der Waals surface area contributed by atoms with Crippen LogP contribution in [-0.4, -0.2) is 23.2 Å². The summed E-state index contributed by atoms with van der Waals surface area (Å²) in [6.07, 6.45) is 0.895. The number of H-pyrrole nitrogens is 1. The molecule has 0 aliphatic carbocycles. The number of nitrogens with one attached hydrogen (secondary N) is 1. The molecule has 1 aromatic carbocycles. The van der Waals surface area contributed by atoms with E-state index in [4.69, 9.17) is 21.1 Å². The highest BCUT2D eigenvalue weighted by atomic mass is 35.5. The minimum Gasteiger partial charge on any atom is -0.489 e. The monoisotopic (exact) mass is 306 g/mol. The lowest BCUT2D eigenvalue weighted by Crippen LogP contribution is -1.97. The van der Waals surface area contributed by atoms with E-state index in [0.717, 1.165) is 39.7 Å². The molecular weight excluding hydrogens is 296 g/mol. The van der Waals surface area contributed by atoms with Crippen LogP contribution in [0, 0.1) is 0 Å². The largest absolute Gasteiger partial charge is 0.489 e. The summed E-state index contributed by atoms with van der Waals surface area (Å²) >= 11 is 7.72. The number of imidazole rings is 1. The van der Waals surface area contributed by atoms with E-state index in [2.05, 4.69) is 9.97 Å². The first-order valence-corrected chi connectivity index (χ1v) is 7.60. The fourth-order valence-electron chi connectivity index (χ4n) is 2.24. The molecule has 0 saturated carbocycles. The molecule has 0 unspecified atom stereocenters. The van der Waals surface area contributed by atoms with Crippen LogP contribution in [0.15, 0.2) is 23.6 Å². The Hall–Kier alpha value is -1.72. The molecule has 0 amide bonds. The van der Waals surface area contributed by atoms with Crippen molar-refractivity contribution in [3.8, 4) is 22.2 Å². The van der Waals surface area contributed by atoms with Gasteiger partial charge in [-0.3, -0.25) is 0 Å². The number of benzene rings is 1. The van der Waals surface area contributed by atoms with Crippen molar-refractivity contribution in [1.29, 1.82) is 0 Å². The number of nitrogens with zero attached hydrogens (tertiary/aromatic N) is 1. The molecule has 1 aliphatic heterocycles. The van der Waals surface area contributed by atoms with Gasteiger partial charge in [-0.15, -0.1) is 11.3 Å². The van der Waals surface area contributed by atoms with Crippen LogP contribution in [0.4, 0.5) is 0 Å². The van der Waals surface area contributed by atoms with Gasteiger partial charge in [-0.2, -0.15) is 0 Å². The number of hydrogen-bond acceptors (Lipinski definition) is 4. The van der Waals surface area contributed by atoms with Crippen LogP contribution >= 0.6 is 22.9 Å². The molecule has 0 saturated heterocycles. The first kappa shape index (κ1) is 12.1. The Morgan fingerprint density at radius 3 is 2.75 bits per heavy atom. The van der Waals surface area contributed by atoms with E-state index in [9.17, 15) is 0 Å². The number of hydrogen-bond donors (Lipinski definition) is 1. The molecule has 0 radical (unpaired) electrons. The number of halogens is 1. The molecule has 1 N–H and O–H groups in total. The van der Waals surface area contributed by atoms with Gasteiger partial charge in [0, 0.05) is 18.6 Å². The van der Waals surface area contributed by atoms with Gasteiger partial charge in [-0.05, 0) is 11.4 Å². The molecule has 6 heteroatoms. The van der Waals surface area contributed by atoms with E-state index in [0.29, 0.717) is 18.2 Å². The second-order valence-electron chi connectivity index (χ2n) is 4.55. The van der Waals surface area contributed by atoms with Crippen molar-refractivity contribution in [1.82, 2.24) is 9.97 Å². The summed E-state index contributed by atoms with van der Waals surface area (Å²) in [5, 5.41) is 2.66. The van der Waals surface area contributed by atoms with Crippen LogP contribution in [0.2, 0.25) is 5.02 Å². The van der Waals surface area contributed by atoms with Crippen molar-refractivity contribution in [2.75, 3.05) is 13.2 Å². The van der Waals surface area contributed by atoms with Gasteiger partial charge in [0.25, 0.3) is 0 Å². The highest BCUT2D eigenvalue weighted by molar-refractivity contribution is 7.14. The summed E-state index contributed by atoms with van der Waals surface area (Å²) in [4.78, 5) is 8.82. The summed E-state index contributed by atoms with van der Waals surface area (Å²) in [6.45, 7) is 1.35. The predicted octanol–water partition coefficient (Wildman–Crippen LogP) is 4.11. The topological polar surface area (TPSA) is 47.1 Å². The first-order valence-electron chi connectivity index (χ1n) is 6.34. The summed E-state index contributed by atoms with van der Waals surface area (Å²) in [5.41, 5.74) is 1.78. The lowest BCUT2D eigenvalue weighted by Gasteiger charge is -2.05. The number of aromatic amines is 1. The Bertz CT molecular complexity index is 738. The van der Waals surface area contributed by atoms with E-state index in [1.165, 1.54) is 0 Å². The summed E-state index contributed by atoms with van der Waals surface area (Å²) < 4.78 is 11.4. The van der Waals surface area contributed by atoms with E-state index in [1.807, 2.05) is 23.6 Å². The smallest absolute Gasteiger partial charge is 0.163 e. The molecule has 102 valence electrons. The maximum absolute atomic E-state index is 6.15. The molecule has 0 atom stereocenters. The molecular formula is C14H11ClN2O2S. The predicted molar refractivity (Wildman–Crippen MR) is 80.0 cm³/mol. The van der Waals surface area contributed by atoms with Crippen LogP contribution in [0.25, 0.3) is 21.7 Å². The van der Waals surface area contributed by atoms with Gasteiger partial charge < -0.3 is 14.5 Å². The van der Waals surface area contributed by atoms with Gasteiger partial charge in [-0.25, -0.2) is 4.98 Å². The average Bonchev–Trinajstić information content (AvgIpc) is 2.96. The molecule has 0 bridgehead atoms. The minimum atomic E-state index is 0.673. The second-order valence-corrected chi connectivity index (χ2v) is 5.87. The zero-order valence-corrected chi connectivity index (χ0v) is 12.1. The Kier molecular flexibility index (Phi) is 2.82. The minimum absolute atomic E-state index is 0.673. The molecule has 20 heavy (non-hydrogen) atoms. The molecule has 3 heterocycles. The van der Waals surface area contributed by atoms with Crippen molar-refractivity contribution in [3.05, 3.63) is 28.6 Å². The van der Waals surface area contributed by atoms with Crippen LogP contribution < -0.4 is 9.47 Å². The lowest BCUT2D eigenvalue weighted by atomic mass is 10.3. The summed E-state index contributed by atoms with van der Waals surface area (Å²) in [6, 6.07) is 5.72. The van der Waals surface area contributed by atoms with E-state index in [1.54, 1.807) is 11.3 Å². The zero-order chi connectivity index (χ0) is 13.5. The van der Waals surface area contributed by atoms with Gasteiger partial charge in [0.15, 0.2) is 11.5 Å². The number of rotatable bonds is 1. The molecule has 2 aromatic heterocycles. The fourth-order valence-corrected chi connectivity index (χ4v) is 3.33. The normalized spacial score (nSPS) is 14.4. The Labute approximate surface area is 124 Å². The average molecular weight is 307 g/mol. The van der Waals surface area contributed by atoms with E-state index in [-0.39, 0.29) is 0 Å². The van der Waals surface area contributed by atoms with Crippen molar-refractivity contribution in [2.45, 2.75) is 6.42 Å². The third-order valence-corrected chi connectivity index (χ3v) is 4.53. The van der Waals surface area contributed by atoms with Gasteiger partial charge in [-0.1, -0.05) is 11.6 Å². The van der Waals surface area contributed by atoms with Gasteiger partial charge in [0.05, 0.1) is 34.1 Å². The SMILES string of the molecule is Clc1ccsc1-c1nc2cc3c(cc2[nH]1)OCCCO3. The fraction of sp³-hybridized carbons (Fsp3) is 0.214. The van der Waals surface area contributed by atoms with Crippen molar-refractivity contribution < 1.29 is 9.47 Å². The first-order chi connectivity index (χ1) is 9.81. The van der Waals surface area contributed by atoms with Gasteiger partial charge in [0.1, 0.15) is 5.82 Å². The number of thiophene rings is 1. The van der Waals surface area contributed by atoms with Crippen LogP contribution in [0.3, 0.4) is 0 Å². The highest BCUT2D eigenvalue weighted by Crippen LogP contribution is 2.36. The van der Waals surface area contributed by atoms with Crippen LogP contribution in [0.1, 0.15) is 6.42 Å². The Morgan fingerprint density at radius 2 is 2.00 bits per heavy atom. The van der Waals surface area contributed by atoms with Crippen molar-refractivity contribution in [3.63, 3.8) is 0 Å². The second kappa shape index (κ2) is 4.68. The number of aromatic nitrogens is 2. The highest BCUT2D eigenvalue weighted by Gasteiger charge is 2.15. The molecule has 0 spiro atoms. The molecule has 4 nitrogen and oxygen atoms in total. The quantitative estimate of drug-likeness (QED) is 0.736. The molecule has 4 rings (SSSR count). The van der Waals surface area contributed by atoms with E-state index < -0.39 is 0 Å². The summed E-state index contributed by atoms with van der Waals surface area (Å²) in [7, 11) is 0. The zero-order valence-electron chi connectivity index (χ0n) is 10.5. The third-order valence-electron chi connectivity index (χ3n) is 3.18. The van der Waals surface area contributed by atoms with Crippen LogP contribution in [0.5, 0.6) is 11.5 Å². The maximum atomic E-state index is 6.15. The summed E-state index contributed by atoms with van der Waals surface area (Å²) in [5.74, 6) is 2.30. The van der Waals surface area contributed by atoms with Crippen molar-refractivity contribution >= 4 is 34.0 Å². The van der Waals surface area contributed by atoms with Gasteiger partial charge in [0.2, 0.25) is 0 Å². The number of fused-ring (bicyclic) bond motifs is 2. The Morgan fingerprint density at radius 1 is 1.20 bits per heavy atom. The van der Waals surface area contributed by atoms with E-state index >= 15 is 0 Å². The van der Waals surface area contributed by atoms with Gasteiger partial charge >= 0.3 is 0 Å². The third kappa shape index (κ3) is 1.94. The standard InChI is InChI=1S/C14H11ClN2O2S/c15-8-2-5-20-13(8)14-16-9-6-11-12(7-10(9)17-14)19-4-1-3-18-11/h2,5-7H,1,3-4H2,(H,16,17). The molecule has 0 fully saturated rings. The molecule has 1 aliphatic rings. The lowest BCUT2D eigenvalue weighted by molar-refractivity contribution is 0.297. The number of ether oxygens (including phenoxy) is 2. The van der Waals surface area contributed by atoms with Crippen molar-refractivity contribution in [2.24, 2.45) is 0 Å². The Balaban J connectivity index is 1.86. The van der Waals surface area contributed by atoms with Crippen LogP contribution in [-0.2, 0) is 0 Å².